The van der Waals surface area contributed by atoms with Crippen LogP contribution in [0.3, 0.4) is 0 Å². The van der Waals surface area contributed by atoms with Crippen molar-refractivity contribution in [2.75, 3.05) is 19.8 Å². The number of hydrogen-bond donors (Lipinski definition) is 2. The first kappa shape index (κ1) is 25.1. The molecule has 3 amide bonds. The molecular formula is C24H27F4N3O4. The fraction of sp³-hybridized carbons (Fsp3) is 0.583. The van der Waals surface area contributed by atoms with Gasteiger partial charge < -0.3 is 15.5 Å². The van der Waals surface area contributed by atoms with Crippen molar-refractivity contribution in [3.05, 3.63) is 35.6 Å². The van der Waals surface area contributed by atoms with Crippen molar-refractivity contribution in [1.29, 1.82) is 0 Å². The number of likely N-dealkylation sites (tertiary alicyclic amines) is 1. The van der Waals surface area contributed by atoms with E-state index in [0.717, 1.165) is 29.5 Å². The van der Waals surface area contributed by atoms with Crippen LogP contribution in [0.2, 0.25) is 0 Å². The molecule has 0 aromatic heterocycles. The average Bonchev–Trinajstić information content (AvgIpc) is 3.53. The van der Waals surface area contributed by atoms with E-state index in [-0.39, 0.29) is 24.8 Å². The topological polar surface area (TPSA) is 95.6 Å². The lowest BCUT2D eigenvalue weighted by atomic mass is 9.92. The second-order valence-corrected chi connectivity index (χ2v) is 9.52. The highest BCUT2D eigenvalue weighted by Gasteiger charge is 2.55. The van der Waals surface area contributed by atoms with Gasteiger partial charge >= 0.3 is 5.92 Å². The zero-order chi connectivity index (χ0) is 25.3. The summed E-state index contributed by atoms with van der Waals surface area (Å²) in [6, 6.07) is 0.972. The van der Waals surface area contributed by atoms with Gasteiger partial charge in [0.2, 0.25) is 11.8 Å². The maximum Gasteiger partial charge on any atom is 0.350 e. The van der Waals surface area contributed by atoms with Gasteiger partial charge in [0, 0.05) is 24.6 Å². The van der Waals surface area contributed by atoms with E-state index in [1.807, 2.05) is 0 Å². The zero-order valence-electron chi connectivity index (χ0n) is 18.9. The largest absolute Gasteiger partial charge is 0.356 e. The third kappa shape index (κ3) is 4.90. The number of alkyl halides is 3. The van der Waals surface area contributed by atoms with Crippen molar-refractivity contribution in [2.24, 2.45) is 17.8 Å². The number of nitrogens with zero attached hydrogens (tertiary/aromatic N) is 1. The summed E-state index contributed by atoms with van der Waals surface area (Å²) in [6.07, 6.45) is 2.25. The van der Waals surface area contributed by atoms with Crippen LogP contribution in [-0.2, 0) is 25.1 Å². The number of ketones is 1. The number of nitrogens with one attached hydrogen (secondary N) is 2. The van der Waals surface area contributed by atoms with E-state index in [9.17, 15) is 28.0 Å². The normalized spacial score (nSPS) is 26.9. The number of carbonyl (C=O) groups is 4. The molecule has 1 aromatic rings. The van der Waals surface area contributed by atoms with E-state index < -0.39 is 65.5 Å². The van der Waals surface area contributed by atoms with Gasteiger partial charge in [0.1, 0.15) is 18.5 Å². The Morgan fingerprint density at radius 1 is 1.20 bits per heavy atom. The number of rotatable bonds is 8. The summed E-state index contributed by atoms with van der Waals surface area (Å²) in [5.41, 5.74) is -0.823. The Morgan fingerprint density at radius 2 is 1.97 bits per heavy atom. The van der Waals surface area contributed by atoms with Gasteiger partial charge in [-0.2, -0.15) is 8.78 Å². The van der Waals surface area contributed by atoms with Gasteiger partial charge in [0.15, 0.2) is 5.78 Å². The SMILES string of the molecule is O=C1NCC[C@H]1C[C@@H](NC(=O)[C@@H]1[C@H]2CCC[C@H]2CN1C(=O)C(F)(F)c1cccc(F)c1)C(=O)CF. The lowest BCUT2D eigenvalue weighted by molar-refractivity contribution is -0.162. The first-order valence-corrected chi connectivity index (χ1v) is 11.7. The molecule has 0 radical (unpaired) electrons. The fourth-order valence-corrected chi connectivity index (χ4v) is 5.61. The van der Waals surface area contributed by atoms with Crippen molar-refractivity contribution in [1.82, 2.24) is 15.5 Å². The Kier molecular flexibility index (Phi) is 7.14. The summed E-state index contributed by atoms with van der Waals surface area (Å²) < 4.78 is 57.0. The van der Waals surface area contributed by atoms with E-state index in [0.29, 0.717) is 31.9 Å². The second-order valence-electron chi connectivity index (χ2n) is 9.52. The van der Waals surface area contributed by atoms with E-state index in [4.69, 9.17) is 0 Å². The molecule has 11 heteroatoms. The van der Waals surface area contributed by atoms with Gasteiger partial charge in [-0.3, -0.25) is 19.2 Å². The third-order valence-electron chi connectivity index (χ3n) is 7.40. The molecule has 190 valence electrons. The Hall–Kier alpha value is -2.98. The van der Waals surface area contributed by atoms with Crippen LogP contribution in [0.5, 0.6) is 0 Å². The highest BCUT2D eigenvalue weighted by atomic mass is 19.3. The zero-order valence-corrected chi connectivity index (χ0v) is 18.9. The molecule has 35 heavy (non-hydrogen) atoms. The molecule has 1 aromatic carbocycles. The maximum absolute atomic E-state index is 15.1. The monoisotopic (exact) mass is 497 g/mol. The Labute approximate surface area is 199 Å². The predicted octanol–water partition coefficient (Wildman–Crippen LogP) is 2.09. The van der Waals surface area contributed by atoms with Crippen LogP contribution in [-0.4, -0.2) is 60.3 Å². The van der Waals surface area contributed by atoms with E-state index in [2.05, 4.69) is 10.6 Å². The van der Waals surface area contributed by atoms with Crippen LogP contribution < -0.4 is 10.6 Å². The number of amides is 3. The van der Waals surface area contributed by atoms with Gasteiger partial charge in [0.25, 0.3) is 5.91 Å². The van der Waals surface area contributed by atoms with E-state index in [1.54, 1.807) is 0 Å². The van der Waals surface area contributed by atoms with Crippen LogP contribution in [0.4, 0.5) is 17.6 Å². The summed E-state index contributed by atoms with van der Waals surface area (Å²) in [5, 5.41) is 5.06. The summed E-state index contributed by atoms with van der Waals surface area (Å²) in [6.45, 7) is -1.03. The van der Waals surface area contributed by atoms with Crippen molar-refractivity contribution in [2.45, 2.75) is 50.1 Å². The average molecular weight is 497 g/mol. The molecule has 0 spiro atoms. The summed E-state index contributed by atoms with van der Waals surface area (Å²) in [4.78, 5) is 51.3. The number of hydrogen-bond acceptors (Lipinski definition) is 4. The smallest absolute Gasteiger partial charge is 0.350 e. The molecule has 3 fully saturated rings. The minimum absolute atomic E-state index is 0.0702. The van der Waals surface area contributed by atoms with Gasteiger partial charge in [-0.1, -0.05) is 18.6 Å². The molecule has 2 N–H and O–H groups in total. The van der Waals surface area contributed by atoms with E-state index >= 15 is 8.78 Å². The van der Waals surface area contributed by atoms with Crippen LogP contribution >= 0.6 is 0 Å². The number of halogens is 4. The second kappa shape index (κ2) is 9.94. The van der Waals surface area contributed by atoms with Crippen molar-refractivity contribution < 1.29 is 36.7 Å². The fourth-order valence-electron chi connectivity index (χ4n) is 5.61. The lowest BCUT2D eigenvalue weighted by Gasteiger charge is -2.31. The minimum atomic E-state index is -4.07. The predicted molar refractivity (Wildman–Crippen MR) is 115 cm³/mol. The van der Waals surface area contributed by atoms with Crippen molar-refractivity contribution in [3.63, 3.8) is 0 Å². The van der Waals surface area contributed by atoms with Gasteiger partial charge in [-0.15, -0.1) is 0 Å². The first-order valence-electron chi connectivity index (χ1n) is 11.7. The third-order valence-corrected chi connectivity index (χ3v) is 7.40. The lowest BCUT2D eigenvalue weighted by Crippen LogP contribution is -2.55. The summed E-state index contributed by atoms with van der Waals surface area (Å²) >= 11 is 0. The minimum Gasteiger partial charge on any atom is -0.356 e. The molecule has 7 nitrogen and oxygen atoms in total. The van der Waals surface area contributed by atoms with Gasteiger partial charge in [-0.25, -0.2) is 8.78 Å². The van der Waals surface area contributed by atoms with E-state index in [1.165, 1.54) is 0 Å². The number of benzene rings is 1. The number of carbonyl (C=O) groups excluding carboxylic acids is 4. The van der Waals surface area contributed by atoms with Crippen LogP contribution in [0.15, 0.2) is 24.3 Å². The maximum atomic E-state index is 15.1. The summed E-state index contributed by atoms with van der Waals surface area (Å²) in [5.74, 6) is -9.84. The molecule has 3 aliphatic rings. The first-order chi connectivity index (χ1) is 16.6. The standard InChI is InChI=1S/C24H27F4N3O4/c25-11-19(32)18(9-13-7-8-29-21(13)33)30-22(34)20-17-6-1-3-14(17)12-31(20)23(35)24(27,28)15-4-2-5-16(26)10-15/h2,4-5,10,13-14,17-18,20H,1,3,6-9,11-12H2,(H,29,33)(H,30,34)/t13-,14-,17-,18+,20-/m0/s1. The Balaban J connectivity index is 1.57. The van der Waals surface area contributed by atoms with Crippen LogP contribution in [0, 0.1) is 23.6 Å². The molecule has 4 rings (SSSR count). The molecule has 5 atom stereocenters. The highest BCUT2D eigenvalue weighted by Crippen LogP contribution is 2.44. The van der Waals surface area contributed by atoms with Crippen LogP contribution in [0.1, 0.15) is 37.7 Å². The Bertz CT molecular complexity index is 1020. The molecule has 1 aliphatic carbocycles. The van der Waals surface area contributed by atoms with Gasteiger partial charge in [0.05, 0.1) is 6.04 Å². The van der Waals surface area contributed by atoms with Crippen molar-refractivity contribution in [3.8, 4) is 0 Å². The molecule has 2 heterocycles. The number of fused-ring (bicyclic) bond motifs is 1. The summed E-state index contributed by atoms with van der Waals surface area (Å²) in [7, 11) is 0. The molecular weight excluding hydrogens is 470 g/mol. The molecule has 2 saturated heterocycles. The molecule has 2 aliphatic heterocycles. The number of Topliss-reactive ketones (excluding diaryl/α,β-unsaturated/α-hetero) is 1. The Morgan fingerprint density at radius 3 is 2.63 bits per heavy atom. The quantitative estimate of drug-likeness (QED) is 0.538. The molecule has 0 unspecified atom stereocenters. The highest BCUT2D eigenvalue weighted by molar-refractivity contribution is 5.95. The van der Waals surface area contributed by atoms with Crippen LogP contribution in [0.25, 0.3) is 0 Å². The molecule has 1 saturated carbocycles. The van der Waals surface area contributed by atoms with Gasteiger partial charge in [-0.05, 0) is 49.7 Å². The van der Waals surface area contributed by atoms with Crippen molar-refractivity contribution >= 4 is 23.5 Å². The molecule has 0 bridgehead atoms.